The van der Waals surface area contributed by atoms with Crippen LogP contribution < -0.4 is 15.7 Å². The molecule has 5 rings (SSSR count). The van der Waals surface area contributed by atoms with Gasteiger partial charge in [-0.25, -0.2) is 0 Å². The summed E-state index contributed by atoms with van der Waals surface area (Å²) in [6, 6.07) is 20.8. The molecule has 8 heteroatoms. The minimum absolute atomic E-state index is 0.183. The largest absolute Gasteiger partial charge is 0.404 e. The maximum atomic E-state index is 12.4. The van der Waals surface area contributed by atoms with Gasteiger partial charge in [-0.15, -0.1) is 0 Å². The lowest BCUT2D eigenvalue weighted by atomic mass is 9.94. The molecular formula is C28H33NO6Si. The van der Waals surface area contributed by atoms with E-state index in [-0.39, 0.29) is 23.8 Å². The zero-order valence-corrected chi connectivity index (χ0v) is 22.4. The van der Waals surface area contributed by atoms with Crippen molar-refractivity contribution in [1.82, 2.24) is 5.32 Å². The number of amides is 2. The van der Waals surface area contributed by atoms with Crippen LogP contribution in [-0.4, -0.2) is 56.9 Å². The van der Waals surface area contributed by atoms with Crippen LogP contribution in [-0.2, 0) is 28.2 Å². The van der Waals surface area contributed by atoms with Crippen LogP contribution in [0.5, 0.6) is 0 Å². The molecule has 3 atom stereocenters. The quantitative estimate of drug-likeness (QED) is 0.478. The molecule has 3 aliphatic rings. The molecule has 0 saturated carbocycles. The van der Waals surface area contributed by atoms with Gasteiger partial charge in [-0.3, -0.25) is 14.9 Å². The molecule has 2 aromatic rings. The molecule has 1 N–H and O–H groups in total. The topological polar surface area (TPSA) is 83.1 Å². The van der Waals surface area contributed by atoms with Gasteiger partial charge in [0.15, 0.2) is 5.79 Å². The number of hydrogen-bond donors (Lipinski definition) is 1. The first-order chi connectivity index (χ1) is 17.0. The summed E-state index contributed by atoms with van der Waals surface area (Å²) in [5, 5.41) is 4.41. The summed E-state index contributed by atoms with van der Waals surface area (Å²) < 4.78 is 26.1. The van der Waals surface area contributed by atoms with Crippen molar-refractivity contribution in [3.8, 4) is 0 Å². The summed E-state index contributed by atoms with van der Waals surface area (Å²) in [7, 11) is -2.85. The van der Waals surface area contributed by atoms with Gasteiger partial charge in [-0.2, -0.15) is 0 Å². The first-order valence-electron chi connectivity index (χ1n) is 12.3. The molecule has 2 amide bonds. The number of rotatable bonds is 6. The molecule has 0 radical (unpaired) electrons. The minimum Gasteiger partial charge on any atom is -0.404 e. The predicted octanol–water partition coefficient (Wildman–Crippen LogP) is 2.43. The highest BCUT2D eigenvalue weighted by atomic mass is 28.4. The fourth-order valence-corrected chi connectivity index (χ4v) is 10.4. The van der Waals surface area contributed by atoms with Gasteiger partial charge in [0.05, 0.1) is 18.8 Å². The van der Waals surface area contributed by atoms with Gasteiger partial charge in [0.2, 0.25) is 0 Å². The molecule has 36 heavy (non-hydrogen) atoms. The Kier molecular flexibility index (Phi) is 6.08. The second-order valence-electron chi connectivity index (χ2n) is 11.2. The number of benzene rings is 2. The maximum absolute atomic E-state index is 12.4. The highest BCUT2D eigenvalue weighted by Crippen LogP contribution is 2.47. The minimum atomic E-state index is -2.85. The number of carbonyl (C=O) groups excluding carboxylic acids is 2. The molecule has 2 saturated heterocycles. The molecule has 3 heterocycles. The van der Waals surface area contributed by atoms with Crippen LogP contribution in [0.25, 0.3) is 0 Å². The second-order valence-corrected chi connectivity index (χ2v) is 15.5. The first-order valence-corrected chi connectivity index (χ1v) is 14.2. The summed E-state index contributed by atoms with van der Waals surface area (Å²) in [5.74, 6) is -1.80. The molecule has 0 spiro atoms. The standard InChI is InChI=1S/C28H33NO6Si/c1-26(2,3)36(19-12-8-6-9-13-19,20-14-10-7-11-15-20)33-18-28-17-32-23(21-16-22(30)29-25(21)31)24(28)34-27(4,5)35-28/h6-16,23-24H,17-18H2,1-5H3,(H,29,30,31)/t23-,24-,28-/m0/s1. The summed E-state index contributed by atoms with van der Waals surface area (Å²) in [5.41, 5.74) is -0.674. The van der Waals surface area contributed by atoms with E-state index >= 15 is 0 Å². The first kappa shape index (κ1) is 25.0. The number of hydrogen-bond acceptors (Lipinski definition) is 6. The van der Waals surface area contributed by atoms with E-state index in [4.69, 9.17) is 18.6 Å². The summed E-state index contributed by atoms with van der Waals surface area (Å²) in [6.45, 7) is 10.8. The average molecular weight is 508 g/mol. The van der Waals surface area contributed by atoms with Crippen LogP contribution in [0.3, 0.4) is 0 Å². The van der Waals surface area contributed by atoms with Gasteiger partial charge in [-0.1, -0.05) is 81.4 Å². The summed E-state index contributed by atoms with van der Waals surface area (Å²) in [6.07, 6.45) is -0.0320. The van der Waals surface area contributed by atoms with Crippen LogP contribution in [0.1, 0.15) is 34.6 Å². The maximum Gasteiger partial charge on any atom is 0.261 e. The van der Waals surface area contributed by atoms with Crippen LogP contribution >= 0.6 is 0 Å². The average Bonchev–Trinajstić information content (AvgIpc) is 3.41. The molecule has 2 aromatic carbocycles. The van der Waals surface area contributed by atoms with Crippen molar-refractivity contribution >= 4 is 30.5 Å². The Morgan fingerprint density at radius 2 is 1.58 bits per heavy atom. The van der Waals surface area contributed by atoms with Gasteiger partial charge in [0.1, 0.15) is 17.8 Å². The van der Waals surface area contributed by atoms with Gasteiger partial charge < -0.3 is 18.6 Å². The smallest absolute Gasteiger partial charge is 0.261 e. The molecule has 0 bridgehead atoms. The third-order valence-electron chi connectivity index (χ3n) is 7.20. The van der Waals surface area contributed by atoms with Crippen molar-refractivity contribution in [1.29, 1.82) is 0 Å². The lowest BCUT2D eigenvalue weighted by molar-refractivity contribution is -0.192. The van der Waals surface area contributed by atoms with Crippen LogP contribution in [0.2, 0.25) is 5.04 Å². The van der Waals surface area contributed by atoms with E-state index < -0.39 is 43.7 Å². The Labute approximate surface area is 212 Å². The Balaban J connectivity index is 1.55. The molecule has 3 aliphatic heterocycles. The summed E-state index contributed by atoms with van der Waals surface area (Å²) >= 11 is 0. The van der Waals surface area contributed by atoms with E-state index in [9.17, 15) is 9.59 Å². The van der Waals surface area contributed by atoms with Crippen LogP contribution in [0.4, 0.5) is 0 Å². The number of nitrogens with one attached hydrogen (secondary N) is 1. The second kappa shape index (κ2) is 8.74. The molecule has 0 aromatic heterocycles. The van der Waals surface area contributed by atoms with E-state index in [0.717, 1.165) is 10.4 Å². The van der Waals surface area contributed by atoms with Crippen molar-refractivity contribution in [3.63, 3.8) is 0 Å². The van der Waals surface area contributed by atoms with Gasteiger partial charge in [0, 0.05) is 6.08 Å². The zero-order chi connectivity index (χ0) is 25.8. The third-order valence-corrected chi connectivity index (χ3v) is 12.2. The van der Waals surface area contributed by atoms with Crippen molar-refractivity contribution in [3.05, 3.63) is 72.3 Å². The normalized spacial score (nSPS) is 27.6. The van der Waals surface area contributed by atoms with Crippen LogP contribution in [0, 0.1) is 0 Å². The van der Waals surface area contributed by atoms with Gasteiger partial charge in [-0.05, 0) is 29.3 Å². The zero-order valence-electron chi connectivity index (χ0n) is 21.4. The van der Waals surface area contributed by atoms with Gasteiger partial charge >= 0.3 is 0 Å². The molecule has 7 nitrogen and oxygen atoms in total. The number of fused-ring (bicyclic) bond motifs is 1. The van der Waals surface area contributed by atoms with Gasteiger partial charge in [0.25, 0.3) is 20.1 Å². The highest BCUT2D eigenvalue weighted by molar-refractivity contribution is 6.99. The lowest BCUT2D eigenvalue weighted by Crippen LogP contribution is -2.68. The lowest BCUT2D eigenvalue weighted by Gasteiger charge is -2.44. The van der Waals surface area contributed by atoms with E-state index in [1.807, 2.05) is 50.2 Å². The SMILES string of the molecule is CC1(C)O[C@H]2[C@H](C3=CC(=O)NC3=O)OC[C@@]2(CO[Si](c2ccccc2)(c2ccccc2)C(C)(C)C)O1. The molecule has 0 unspecified atom stereocenters. The molecule has 190 valence electrons. The Hall–Kier alpha value is -2.62. The Bertz CT molecular complexity index is 1150. The number of carbonyl (C=O) groups is 2. The molecule has 0 aliphatic carbocycles. The van der Waals surface area contributed by atoms with E-state index in [2.05, 4.69) is 50.4 Å². The van der Waals surface area contributed by atoms with E-state index in [1.165, 1.54) is 6.08 Å². The fraction of sp³-hybridized carbons (Fsp3) is 0.429. The fourth-order valence-electron chi connectivity index (χ4n) is 5.79. The third kappa shape index (κ3) is 4.07. The van der Waals surface area contributed by atoms with Crippen molar-refractivity contribution in [2.45, 2.75) is 63.3 Å². The highest BCUT2D eigenvalue weighted by Gasteiger charge is 2.64. The summed E-state index contributed by atoms with van der Waals surface area (Å²) in [4.78, 5) is 24.3. The number of imide groups is 1. The van der Waals surface area contributed by atoms with Crippen LogP contribution in [0.15, 0.2) is 72.3 Å². The Morgan fingerprint density at radius 1 is 1.00 bits per heavy atom. The molecular weight excluding hydrogens is 474 g/mol. The Morgan fingerprint density at radius 3 is 2.08 bits per heavy atom. The monoisotopic (exact) mass is 507 g/mol. The van der Waals surface area contributed by atoms with Crippen molar-refractivity contribution < 1.29 is 28.2 Å². The molecule has 2 fully saturated rings. The predicted molar refractivity (Wildman–Crippen MR) is 137 cm³/mol. The van der Waals surface area contributed by atoms with Crippen molar-refractivity contribution in [2.24, 2.45) is 0 Å². The van der Waals surface area contributed by atoms with E-state index in [1.54, 1.807) is 0 Å². The number of ether oxygens (including phenoxy) is 3. The van der Waals surface area contributed by atoms with Crippen molar-refractivity contribution in [2.75, 3.05) is 13.2 Å². The van der Waals surface area contributed by atoms with E-state index in [0.29, 0.717) is 0 Å².